The molecule has 17 heavy (non-hydrogen) atoms. The minimum atomic E-state index is 0.290. The minimum Gasteiger partial charge on any atom is -0.382 e. The molecule has 0 aliphatic rings. The molecule has 0 saturated heterocycles. The first-order valence-corrected chi connectivity index (χ1v) is 5.42. The van der Waals surface area contributed by atoms with Gasteiger partial charge in [-0.1, -0.05) is 11.6 Å². The third kappa shape index (κ3) is 2.62. The van der Waals surface area contributed by atoms with Gasteiger partial charge in [-0.05, 0) is 17.7 Å². The fourth-order valence-corrected chi connectivity index (χ4v) is 1.72. The predicted octanol–water partition coefficient (Wildman–Crippen LogP) is 1.74. The molecule has 2 heterocycles. The first-order valence-electron chi connectivity index (χ1n) is 5.04. The topological polar surface area (TPSA) is 67.9 Å². The number of hydrogen-bond acceptors (Lipinski definition) is 5. The van der Waals surface area contributed by atoms with Crippen LogP contribution in [0.1, 0.15) is 5.56 Å². The summed E-state index contributed by atoms with van der Waals surface area (Å²) in [4.78, 5) is 13.8. The molecule has 0 atom stereocenters. The lowest BCUT2D eigenvalue weighted by atomic mass is 10.2. The fourth-order valence-electron chi connectivity index (χ4n) is 1.48. The summed E-state index contributed by atoms with van der Waals surface area (Å²) in [5, 5.41) is 0.379. The molecular formula is C11H12ClN5. The van der Waals surface area contributed by atoms with Gasteiger partial charge in [-0.25, -0.2) is 9.97 Å². The smallest absolute Gasteiger partial charge is 0.153 e. The van der Waals surface area contributed by atoms with Crippen molar-refractivity contribution in [2.45, 2.75) is 6.54 Å². The summed E-state index contributed by atoms with van der Waals surface area (Å²) in [7, 11) is 1.90. The number of halogens is 1. The summed E-state index contributed by atoms with van der Waals surface area (Å²) in [6.45, 7) is 0.679. The predicted molar refractivity (Wildman–Crippen MR) is 67.8 cm³/mol. The quantitative estimate of drug-likeness (QED) is 0.898. The Bertz CT molecular complexity index is 502. The summed E-state index contributed by atoms with van der Waals surface area (Å²) in [6, 6.07) is 3.88. The zero-order valence-electron chi connectivity index (χ0n) is 9.34. The normalized spacial score (nSPS) is 10.2. The fraction of sp³-hybridized carbons (Fsp3) is 0.182. The van der Waals surface area contributed by atoms with Gasteiger partial charge >= 0.3 is 0 Å². The molecule has 0 saturated carbocycles. The summed E-state index contributed by atoms with van der Waals surface area (Å²) >= 11 is 6.05. The maximum absolute atomic E-state index is 6.05. The highest BCUT2D eigenvalue weighted by Crippen LogP contribution is 2.26. The first-order chi connectivity index (χ1) is 8.18. The number of nitrogens with zero attached hydrogens (tertiary/aromatic N) is 4. The van der Waals surface area contributed by atoms with Crippen LogP contribution in [0.25, 0.3) is 0 Å². The maximum atomic E-state index is 6.05. The molecule has 0 radical (unpaired) electrons. The molecule has 88 valence electrons. The molecule has 5 nitrogen and oxygen atoms in total. The lowest BCUT2D eigenvalue weighted by Gasteiger charge is -2.19. The Morgan fingerprint density at radius 3 is 2.71 bits per heavy atom. The Balaban J connectivity index is 2.20. The first kappa shape index (κ1) is 11.6. The Morgan fingerprint density at radius 1 is 1.29 bits per heavy atom. The lowest BCUT2D eigenvalue weighted by molar-refractivity contribution is 0.890. The summed E-state index contributed by atoms with van der Waals surface area (Å²) < 4.78 is 0. The van der Waals surface area contributed by atoms with E-state index in [1.54, 1.807) is 12.4 Å². The summed E-state index contributed by atoms with van der Waals surface area (Å²) in [5.74, 6) is 0.911. The lowest BCUT2D eigenvalue weighted by Crippen LogP contribution is -2.18. The molecule has 0 spiro atoms. The van der Waals surface area contributed by atoms with Crippen LogP contribution in [0.2, 0.25) is 5.02 Å². The number of aromatic nitrogens is 3. The number of nitrogen functional groups attached to an aromatic ring is 1. The van der Waals surface area contributed by atoms with Gasteiger partial charge in [-0.3, -0.25) is 4.98 Å². The molecule has 0 aliphatic heterocycles. The molecular weight excluding hydrogens is 238 g/mol. The van der Waals surface area contributed by atoms with E-state index in [9.17, 15) is 0 Å². The molecule has 0 aliphatic carbocycles. The second kappa shape index (κ2) is 4.97. The third-order valence-corrected chi connectivity index (χ3v) is 2.69. The Labute approximate surface area is 104 Å². The zero-order valence-corrected chi connectivity index (χ0v) is 10.1. The molecule has 2 N–H and O–H groups in total. The number of anilines is 2. The van der Waals surface area contributed by atoms with Crippen molar-refractivity contribution in [3.8, 4) is 0 Å². The van der Waals surface area contributed by atoms with Crippen molar-refractivity contribution in [2.75, 3.05) is 17.7 Å². The highest BCUT2D eigenvalue weighted by molar-refractivity contribution is 6.35. The summed E-state index contributed by atoms with van der Waals surface area (Å²) in [6.07, 6.45) is 4.90. The highest BCUT2D eigenvalue weighted by atomic mass is 35.5. The van der Waals surface area contributed by atoms with Gasteiger partial charge in [0, 0.05) is 26.0 Å². The Kier molecular flexibility index (Phi) is 3.39. The molecule has 0 unspecified atom stereocenters. The molecule has 0 bridgehead atoms. The largest absolute Gasteiger partial charge is 0.382 e. The van der Waals surface area contributed by atoms with Crippen molar-refractivity contribution in [1.29, 1.82) is 0 Å². The van der Waals surface area contributed by atoms with Crippen LogP contribution in [-0.4, -0.2) is 22.0 Å². The monoisotopic (exact) mass is 249 g/mol. The highest BCUT2D eigenvalue weighted by Gasteiger charge is 2.11. The van der Waals surface area contributed by atoms with Crippen LogP contribution in [0.4, 0.5) is 11.6 Å². The van der Waals surface area contributed by atoms with Crippen LogP contribution >= 0.6 is 11.6 Å². The molecule has 0 aromatic carbocycles. The molecule has 0 amide bonds. The van der Waals surface area contributed by atoms with Crippen molar-refractivity contribution in [1.82, 2.24) is 15.0 Å². The van der Waals surface area contributed by atoms with E-state index >= 15 is 0 Å². The van der Waals surface area contributed by atoms with Crippen molar-refractivity contribution < 1.29 is 0 Å². The van der Waals surface area contributed by atoms with E-state index in [2.05, 4.69) is 15.0 Å². The summed E-state index contributed by atoms with van der Waals surface area (Å²) in [5.41, 5.74) is 6.75. The number of hydrogen-bond donors (Lipinski definition) is 1. The third-order valence-electron chi connectivity index (χ3n) is 2.33. The zero-order chi connectivity index (χ0) is 12.3. The number of nitrogens with two attached hydrogens (primary N) is 1. The average Bonchev–Trinajstić information content (AvgIpc) is 2.34. The van der Waals surface area contributed by atoms with Gasteiger partial charge in [0.1, 0.15) is 17.2 Å². The van der Waals surface area contributed by atoms with E-state index in [-0.39, 0.29) is 0 Å². The van der Waals surface area contributed by atoms with Gasteiger partial charge in [0.15, 0.2) is 5.82 Å². The van der Waals surface area contributed by atoms with Gasteiger partial charge in [-0.15, -0.1) is 0 Å². The molecule has 2 aromatic rings. The van der Waals surface area contributed by atoms with Crippen molar-refractivity contribution in [2.24, 2.45) is 0 Å². The van der Waals surface area contributed by atoms with E-state index in [0.717, 1.165) is 5.56 Å². The van der Waals surface area contributed by atoms with Crippen molar-refractivity contribution in [3.63, 3.8) is 0 Å². The van der Waals surface area contributed by atoms with E-state index in [0.29, 0.717) is 23.2 Å². The van der Waals surface area contributed by atoms with Crippen LogP contribution in [0.5, 0.6) is 0 Å². The van der Waals surface area contributed by atoms with Gasteiger partial charge in [-0.2, -0.15) is 0 Å². The maximum Gasteiger partial charge on any atom is 0.153 e. The van der Waals surface area contributed by atoms with E-state index < -0.39 is 0 Å². The van der Waals surface area contributed by atoms with Gasteiger partial charge < -0.3 is 10.6 Å². The minimum absolute atomic E-state index is 0.290. The Hall–Kier alpha value is -1.88. The van der Waals surface area contributed by atoms with Crippen LogP contribution in [0.3, 0.4) is 0 Å². The standard InChI is InChI=1S/C11H12ClN5/c1-17(6-8-2-4-14-5-3-8)11-9(12)10(13)15-7-16-11/h2-5,7H,6H2,1H3,(H2,13,15,16). The molecule has 6 heteroatoms. The van der Waals surface area contributed by atoms with E-state index in [4.69, 9.17) is 17.3 Å². The van der Waals surface area contributed by atoms with Crippen LogP contribution in [-0.2, 0) is 6.54 Å². The SMILES string of the molecule is CN(Cc1ccncc1)c1ncnc(N)c1Cl. The second-order valence-corrected chi connectivity index (χ2v) is 3.99. The van der Waals surface area contributed by atoms with Gasteiger partial charge in [0.05, 0.1) is 0 Å². The number of pyridine rings is 1. The molecule has 2 aromatic heterocycles. The van der Waals surface area contributed by atoms with E-state index in [1.807, 2.05) is 24.1 Å². The molecule has 0 fully saturated rings. The van der Waals surface area contributed by atoms with Crippen LogP contribution < -0.4 is 10.6 Å². The Morgan fingerprint density at radius 2 is 2.00 bits per heavy atom. The van der Waals surface area contributed by atoms with Crippen LogP contribution in [0.15, 0.2) is 30.9 Å². The second-order valence-electron chi connectivity index (χ2n) is 3.61. The molecule has 2 rings (SSSR count). The van der Waals surface area contributed by atoms with Crippen LogP contribution in [0, 0.1) is 0 Å². The van der Waals surface area contributed by atoms with Gasteiger partial charge in [0.25, 0.3) is 0 Å². The van der Waals surface area contributed by atoms with Crippen molar-refractivity contribution >= 4 is 23.2 Å². The van der Waals surface area contributed by atoms with Crippen molar-refractivity contribution in [3.05, 3.63) is 41.4 Å². The number of rotatable bonds is 3. The van der Waals surface area contributed by atoms with E-state index in [1.165, 1.54) is 6.33 Å². The average molecular weight is 250 g/mol. The van der Waals surface area contributed by atoms with Gasteiger partial charge in [0.2, 0.25) is 0 Å².